The van der Waals surface area contributed by atoms with E-state index in [0.29, 0.717) is 5.41 Å². The summed E-state index contributed by atoms with van der Waals surface area (Å²) < 4.78 is 2.21. The van der Waals surface area contributed by atoms with E-state index in [2.05, 4.69) is 54.1 Å². The fraction of sp³-hybridized carbons (Fsp3) is 0.800. The van der Waals surface area contributed by atoms with Gasteiger partial charge in [0, 0.05) is 38.6 Å². The van der Waals surface area contributed by atoms with Crippen LogP contribution >= 0.6 is 0 Å². The Labute approximate surface area is 153 Å². The van der Waals surface area contributed by atoms with Gasteiger partial charge in [0.05, 0.1) is 0 Å². The molecule has 142 valence electrons. The molecule has 0 radical (unpaired) electrons. The summed E-state index contributed by atoms with van der Waals surface area (Å²) in [4.78, 5) is 9.17. The molecule has 0 bridgehead atoms. The molecule has 1 aromatic rings. The van der Waals surface area contributed by atoms with Gasteiger partial charge in [-0.1, -0.05) is 20.3 Å². The Balaban J connectivity index is 1.73. The quantitative estimate of drug-likeness (QED) is 0.385. The van der Waals surface area contributed by atoms with Crippen molar-refractivity contribution in [3.63, 3.8) is 0 Å². The molecule has 0 amide bonds. The molecule has 1 aromatic heterocycles. The van der Waals surface area contributed by atoms with Crippen LogP contribution in [-0.4, -0.2) is 35.1 Å². The molecule has 2 rings (SSSR count). The fourth-order valence-electron chi connectivity index (χ4n) is 3.81. The Bertz CT molecular complexity index is 528. The van der Waals surface area contributed by atoms with Gasteiger partial charge in [0.2, 0.25) is 0 Å². The third kappa shape index (κ3) is 6.37. The van der Waals surface area contributed by atoms with E-state index in [9.17, 15) is 0 Å². The molecule has 5 heteroatoms. The summed E-state index contributed by atoms with van der Waals surface area (Å²) in [6.07, 6.45) is 11.6. The van der Waals surface area contributed by atoms with Gasteiger partial charge in [0.1, 0.15) is 5.82 Å². The minimum absolute atomic E-state index is 0.468. The van der Waals surface area contributed by atoms with E-state index in [-0.39, 0.29) is 0 Å². The van der Waals surface area contributed by atoms with Crippen molar-refractivity contribution < 1.29 is 0 Å². The zero-order valence-corrected chi connectivity index (χ0v) is 16.6. The minimum Gasteiger partial charge on any atom is -0.357 e. The zero-order chi connectivity index (χ0) is 18.1. The summed E-state index contributed by atoms with van der Waals surface area (Å²) >= 11 is 0. The first-order valence-electron chi connectivity index (χ1n) is 10.0. The standard InChI is InChI=1S/C20H37N5/c1-5-21-19(24-16-20(9-8-10-20)15-17(2)3)23-11-6-7-13-25-14-12-22-18(25)4/h12,14,17H,5-11,13,15-16H2,1-4H3,(H2,21,23,24). The summed E-state index contributed by atoms with van der Waals surface area (Å²) in [5.74, 6) is 2.84. The van der Waals surface area contributed by atoms with E-state index < -0.39 is 0 Å². The summed E-state index contributed by atoms with van der Waals surface area (Å²) in [6.45, 7) is 12.7. The van der Waals surface area contributed by atoms with E-state index >= 15 is 0 Å². The summed E-state index contributed by atoms with van der Waals surface area (Å²) in [7, 11) is 0. The van der Waals surface area contributed by atoms with E-state index in [1.165, 1.54) is 25.7 Å². The molecule has 0 aliphatic heterocycles. The predicted octanol–water partition coefficient (Wildman–Crippen LogP) is 3.74. The smallest absolute Gasteiger partial charge is 0.191 e. The highest BCUT2D eigenvalue weighted by atomic mass is 15.2. The van der Waals surface area contributed by atoms with Crippen LogP contribution in [0.15, 0.2) is 17.4 Å². The fourth-order valence-corrected chi connectivity index (χ4v) is 3.81. The SMILES string of the molecule is CCNC(=NCC1(CC(C)C)CCC1)NCCCCn1ccnc1C. The summed E-state index contributed by atoms with van der Waals surface area (Å²) in [5.41, 5.74) is 0.468. The topological polar surface area (TPSA) is 54.2 Å². The molecule has 1 fully saturated rings. The molecule has 2 N–H and O–H groups in total. The first-order chi connectivity index (χ1) is 12.0. The molecule has 0 unspecified atom stereocenters. The van der Waals surface area contributed by atoms with Crippen molar-refractivity contribution in [1.82, 2.24) is 20.2 Å². The molecule has 0 aromatic carbocycles. The summed E-state index contributed by atoms with van der Waals surface area (Å²) in [5, 5.41) is 6.90. The lowest BCUT2D eigenvalue weighted by Gasteiger charge is -2.42. The third-order valence-electron chi connectivity index (χ3n) is 5.21. The van der Waals surface area contributed by atoms with E-state index in [1.54, 1.807) is 0 Å². The van der Waals surface area contributed by atoms with Crippen LogP contribution in [0.3, 0.4) is 0 Å². The molecular weight excluding hydrogens is 310 g/mol. The molecule has 0 atom stereocenters. The number of unbranched alkanes of at least 4 members (excludes halogenated alkanes) is 1. The lowest BCUT2D eigenvalue weighted by atomic mass is 9.64. The number of aryl methyl sites for hydroxylation is 2. The van der Waals surface area contributed by atoms with Crippen LogP contribution in [0.5, 0.6) is 0 Å². The van der Waals surface area contributed by atoms with Crippen molar-refractivity contribution in [2.24, 2.45) is 16.3 Å². The van der Waals surface area contributed by atoms with E-state index in [0.717, 1.165) is 56.7 Å². The molecule has 1 heterocycles. The lowest BCUT2D eigenvalue weighted by molar-refractivity contribution is 0.111. The van der Waals surface area contributed by atoms with Crippen molar-refractivity contribution in [3.8, 4) is 0 Å². The van der Waals surface area contributed by atoms with Crippen LogP contribution in [0, 0.1) is 18.3 Å². The Morgan fingerprint density at radius 1 is 1.32 bits per heavy atom. The van der Waals surface area contributed by atoms with Gasteiger partial charge in [0.15, 0.2) is 5.96 Å². The monoisotopic (exact) mass is 347 g/mol. The normalized spacial score (nSPS) is 16.8. The number of rotatable bonds is 10. The van der Waals surface area contributed by atoms with Crippen LogP contribution in [0.25, 0.3) is 0 Å². The van der Waals surface area contributed by atoms with Crippen molar-refractivity contribution in [1.29, 1.82) is 0 Å². The van der Waals surface area contributed by atoms with Gasteiger partial charge in [-0.3, -0.25) is 4.99 Å². The second-order valence-corrected chi connectivity index (χ2v) is 7.95. The number of nitrogens with one attached hydrogen (secondary N) is 2. The van der Waals surface area contributed by atoms with Crippen molar-refractivity contribution in [3.05, 3.63) is 18.2 Å². The highest BCUT2D eigenvalue weighted by Gasteiger charge is 2.37. The van der Waals surface area contributed by atoms with Gasteiger partial charge in [-0.25, -0.2) is 4.98 Å². The van der Waals surface area contributed by atoms with Crippen LogP contribution in [0.4, 0.5) is 0 Å². The molecule has 1 aliphatic rings. The molecule has 1 aliphatic carbocycles. The Morgan fingerprint density at radius 2 is 2.12 bits per heavy atom. The van der Waals surface area contributed by atoms with Crippen molar-refractivity contribution in [2.75, 3.05) is 19.6 Å². The number of aliphatic imine (C=N–C) groups is 1. The highest BCUT2D eigenvalue weighted by molar-refractivity contribution is 5.79. The van der Waals surface area contributed by atoms with Gasteiger partial charge in [-0.2, -0.15) is 0 Å². The Morgan fingerprint density at radius 3 is 2.68 bits per heavy atom. The maximum atomic E-state index is 4.90. The maximum absolute atomic E-state index is 4.90. The summed E-state index contributed by atoms with van der Waals surface area (Å²) in [6, 6.07) is 0. The number of hydrogen-bond acceptors (Lipinski definition) is 2. The largest absolute Gasteiger partial charge is 0.357 e. The number of imidazole rings is 1. The van der Waals surface area contributed by atoms with Crippen LogP contribution in [0.1, 0.15) is 65.1 Å². The van der Waals surface area contributed by atoms with Crippen LogP contribution in [-0.2, 0) is 6.54 Å². The minimum atomic E-state index is 0.468. The third-order valence-corrected chi connectivity index (χ3v) is 5.21. The highest BCUT2D eigenvalue weighted by Crippen LogP contribution is 2.46. The Hall–Kier alpha value is -1.52. The van der Waals surface area contributed by atoms with Crippen LogP contribution < -0.4 is 10.6 Å². The first-order valence-corrected chi connectivity index (χ1v) is 10.0. The second kappa shape index (κ2) is 9.83. The number of nitrogens with zero attached hydrogens (tertiary/aromatic N) is 3. The van der Waals surface area contributed by atoms with Gasteiger partial charge in [0.25, 0.3) is 0 Å². The average Bonchev–Trinajstić information content (AvgIpc) is 2.94. The molecular formula is C20H37N5. The van der Waals surface area contributed by atoms with Crippen molar-refractivity contribution in [2.45, 2.75) is 72.8 Å². The van der Waals surface area contributed by atoms with Crippen molar-refractivity contribution >= 4 is 5.96 Å². The number of guanidine groups is 1. The van der Waals surface area contributed by atoms with Gasteiger partial charge in [-0.05, 0) is 57.3 Å². The molecule has 1 saturated carbocycles. The first kappa shape index (κ1) is 19.8. The van der Waals surface area contributed by atoms with Gasteiger partial charge >= 0.3 is 0 Å². The second-order valence-electron chi connectivity index (χ2n) is 7.95. The zero-order valence-electron chi connectivity index (χ0n) is 16.6. The average molecular weight is 348 g/mol. The number of aromatic nitrogens is 2. The number of hydrogen-bond donors (Lipinski definition) is 2. The predicted molar refractivity (Wildman–Crippen MR) is 106 cm³/mol. The van der Waals surface area contributed by atoms with Crippen LogP contribution in [0.2, 0.25) is 0 Å². The molecule has 0 saturated heterocycles. The molecule has 25 heavy (non-hydrogen) atoms. The van der Waals surface area contributed by atoms with Gasteiger partial charge in [-0.15, -0.1) is 0 Å². The molecule has 0 spiro atoms. The van der Waals surface area contributed by atoms with Gasteiger partial charge < -0.3 is 15.2 Å². The maximum Gasteiger partial charge on any atom is 0.191 e. The van der Waals surface area contributed by atoms with E-state index in [4.69, 9.17) is 4.99 Å². The lowest BCUT2D eigenvalue weighted by Crippen LogP contribution is -2.40. The molecule has 5 nitrogen and oxygen atoms in total. The Kier molecular flexibility index (Phi) is 7.79. The van der Waals surface area contributed by atoms with E-state index in [1.807, 2.05) is 6.20 Å².